The van der Waals surface area contributed by atoms with Crippen molar-refractivity contribution in [2.75, 3.05) is 7.05 Å². The van der Waals surface area contributed by atoms with E-state index in [4.69, 9.17) is 4.74 Å². The van der Waals surface area contributed by atoms with Gasteiger partial charge in [0.05, 0.1) is 0 Å². The van der Waals surface area contributed by atoms with Gasteiger partial charge in [-0.3, -0.25) is 14.5 Å². The van der Waals surface area contributed by atoms with E-state index in [-0.39, 0.29) is 11.9 Å². The number of hydrogen-bond acceptors (Lipinski definition) is 5. The van der Waals surface area contributed by atoms with Gasteiger partial charge in [0.2, 0.25) is 11.8 Å². The van der Waals surface area contributed by atoms with Crippen LogP contribution in [0.15, 0.2) is 0 Å². The van der Waals surface area contributed by atoms with Crippen molar-refractivity contribution in [3.8, 4) is 0 Å². The van der Waals surface area contributed by atoms with E-state index in [1.165, 1.54) is 16.8 Å². The largest absolute Gasteiger partial charge is 0.480 e. The second-order valence-corrected chi connectivity index (χ2v) is 8.94. The minimum absolute atomic E-state index is 0.0924. The molecule has 29 heavy (non-hydrogen) atoms. The van der Waals surface area contributed by atoms with Crippen molar-refractivity contribution in [1.29, 1.82) is 0 Å². The van der Waals surface area contributed by atoms with Crippen molar-refractivity contribution in [2.45, 2.75) is 96.0 Å². The molecule has 2 N–H and O–H groups in total. The number of nitrogens with zero attached hydrogens (tertiary/aromatic N) is 2. The second-order valence-electron chi connectivity index (χ2n) is 8.94. The number of carbonyl (C=O) groups excluding carboxylic acids is 3. The molecule has 2 rings (SSSR count). The van der Waals surface area contributed by atoms with Gasteiger partial charge in [0.25, 0.3) is 0 Å². The topological polar surface area (TPSA) is 116 Å². The van der Waals surface area contributed by atoms with E-state index in [1.807, 2.05) is 0 Å². The van der Waals surface area contributed by atoms with Crippen LogP contribution in [0.25, 0.3) is 0 Å². The predicted octanol–water partition coefficient (Wildman–Crippen LogP) is 1.74. The highest BCUT2D eigenvalue weighted by atomic mass is 16.6. The molecule has 3 amide bonds. The smallest absolute Gasteiger partial charge is 0.410 e. The Morgan fingerprint density at radius 2 is 1.79 bits per heavy atom. The van der Waals surface area contributed by atoms with E-state index >= 15 is 0 Å². The molecular formula is C20H33N3O6. The highest BCUT2D eigenvalue weighted by Crippen LogP contribution is 2.31. The van der Waals surface area contributed by atoms with Gasteiger partial charge in [-0.1, -0.05) is 12.8 Å². The Kier molecular flexibility index (Phi) is 7.13. The fourth-order valence-corrected chi connectivity index (χ4v) is 3.87. The molecule has 2 aliphatic rings. The summed E-state index contributed by atoms with van der Waals surface area (Å²) in [7, 11) is 1.47. The fourth-order valence-electron chi connectivity index (χ4n) is 3.87. The zero-order valence-corrected chi connectivity index (χ0v) is 17.9. The van der Waals surface area contributed by atoms with Crippen LogP contribution in [0.3, 0.4) is 0 Å². The van der Waals surface area contributed by atoms with Crippen molar-refractivity contribution in [3.63, 3.8) is 0 Å². The third-order valence-corrected chi connectivity index (χ3v) is 5.58. The third-order valence-electron chi connectivity index (χ3n) is 5.58. The van der Waals surface area contributed by atoms with Crippen molar-refractivity contribution in [1.82, 2.24) is 15.1 Å². The summed E-state index contributed by atoms with van der Waals surface area (Å²) in [6.07, 6.45) is 3.35. The number of likely N-dealkylation sites (N-methyl/N-ethyl adjacent to an activating group) is 1. The highest BCUT2D eigenvalue weighted by molar-refractivity contribution is 5.93. The van der Waals surface area contributed by atoms with Crippen LogP contribution >= 0.6 is 0 Å². The van der Waals surface area contributed by atoms with E-state index in [0.29, 0.717) is 19.3 Å². The molecule has 164 valence electrons. The average molecular weight is 411 g/mol. The van der Waals surface area contributed by atoms with E-state index in [1.54, 1.807) is 27.7 Å². The molecule has 0 radical (unpaired) electrons. The number of nitrogens with one attached hydrogen (secondary N) is 1. The van der Waals surface area contributed by atoms with Crippen LogP contribution in [-0.2, 0) is 19.1 Å². The zero-order valence-electron chi connectivity index (χ0n) is 17.9. The maximum absolute atomic E-state index is 13.1. The molecule has 0 saturated carbocycles. The Morgan fingerprint density at radius 3 is 2.38 bits per heavy atom. The minimum atomic E-state index is -1.01. The molecule has 4 unspecified atom stereocenters. The van der Waals surface area contributed by atoms with E-state index in [2.05, 4.69) is 5.32 Å². The summed E-state index contributed by atoms with van der Waals surface area (Å²) in [5, 5.41) is 12.2. The van der Waals surface area contributed by atoms with E-state index in [0.717, 1.165) is 19.3 Å². The van der Waals surface area contributed by atoms with Gasteiger partial charge in [0.1, 0.15) is 23.7 Å². The van der Waals surface area contributed by atoms with Crippen LogP contribution in [-0.4, -0.2) is 75.6 Å². The Balaban J connectivity index is 2.08. The molecule has 0 aromatic rings. The number of aliphatic carboxylic acids is 1. The lowest BCUT2D eigenvalue weighted by Crippen LogP contribution is -2.57. The SMILES string of the molecule is CC(C(=O)NC1CCCCC2CCC(C(=O)O)N2C1=O)N(C)C(=O)OC(C)(C)C. The quantitative estimate of drug-likeness (QED) is 0.728. The number of carbonyl (C=O) groups is 4. The number of ether oxygens (including phenoxy) is 1. The molecule has 0 bridgehead atoms. The molecular weight excluding hydrogens is 378 g/mol. The first-order valence-electron chi connectivity index (χ1n) is 10.2. The van der Waals surface area contributed by atoms with Gasteiger partial charge in [-0.15, -0.1) is 0 Å². The van der Waals surface area contributed by atoms with Gasteiger partial charge >= 0.3 is 12.1 Å². The molecule has 0 aromatic carbocycles. The fraction of sp³-hybridized carbons (Fsp3) is 0.800. The maximum atomic E-state index is 13.1. The maximum Gasteiger partial charge on any atom is 0.410 e. The van der Waals surface area contributed by atoms with Crippen LogP contribution in [0.2, 0.25) is 0 Å². The number of hydrogen-bond donors (Lipinski definition) is 2. The standard InChI is InChI=1S/C20H33N3O6/c1-12(22(5)19(28)29-20(2,3)4)16(24)21-14-9-7-6-8-13-10-11-15(18(26)27)23(13)17(14)25/h12-15H,6-11H2,1-5H3,(H,21,24)(H,26,27). The van der Waals surface area contributed by atoms with Crippen LogP contribution in [0.1, 0.15) is 66.2 Å². The van der Waals surface area contributed by atoms with Gasteiger partial charge < -0.3 is 20.1 Å². The molecule has 0 aromatic heterocycles. The summed E-state index contributed by atoms with van der Waals surface area (Å²) >= 11 is 0. The van der Waals surface area contributed by atoms with Crippen LogP contribution < -0.4 is 5.32 Å². The lowest BCUT2D eigenvalue weighted by atomic mass is 9.98. The van der Waals surface area contributed by atoms with Gasteiger partial charge in [0, 0.05) is 13.1 Å². The summed E-state index contributed by atoms with van der Waals surface area (Å²) in [6, 6.07) is -2.57. The van der Waals surface area contributed by atoms with Crippen molar-refractivity contribution in [3.05, 3.63) is 0 Å². The third kappa shape index (κ3) is 5.61. The second kappa shape index (κ2) is 9.00. The summed E-state index contributed by atoms with van der Waals surface area (Å²) < 4.78 is 5.28. The lowest BCUT2D eigenvalue weighted by Gasteiger charge is -2.35. The summed E-state index contributed by atoms with van der Waals surface area (Å²) in [5.41, 5.74) is -0.687. The molecule has 2 heterocycles. The molecule has 9 heteroatoms. The van der Waals surface area contributed by atoms with Crippen LogP contribution in [0.4, 0.5) is 4.79 Å². The zero-order chi connectivity index (χ0) is 21.9. The Bertz CT molecular complexity index is 659. The van der Waals surface area contributed by atoms with Crippen molar-refractivity contribution >= 4 is 23.9 Å². The summed E-state index contributed by atoms with van der Waals surface area (Å²) in [4.78, 5) is 52.2. The molecule has 2 saturated heterocycles. The molecule has 4 atom stereocenters. The van der Waals surface area contributed by atoms with Crippen LogP contribution in [0, 0.1) is 0 Å². The first kappa shape index (κ1) is 23.0. The van der Waals surface area contributed by atoms with Gasteiger partial charge in [-0.05, 0) is 53.4 Å². The minimum Gasteiger partial charge on any atom is -0.480 e. The number of carboxylic acid groups (broad SMARTS) is 1. The van der Waals surface area contributed by atoms with Gasteiger partial charge in [0.15, 0.2) is 0 Å². The normalized spacial score (nSPS) is 26.0. The number of amides is 3. The summed E-state index contributed by atoms with van der Waals surface area (Å²) in [5.74, 6) is -1.83. The van der Waals surface area contributed by atoms with E-state index in [9.17, 15) is 24.3 Å². The Morgan fingerprint density at radius 1 is 1.17 bits per heavy atom. The highest BCUT2D eigenvalue weighted by Gasteiger charge is 2.44. The first-order valence-corrected chi connectivity index (χ1v) is 10.2. The van der Waals surface area contributed by atoms with Crippen molar-refractivity contribution < 1.29 is 29.0 Å². The average Bonchev–Trinajstić information content (AvgIpc) is 3.03. The molecule has 9 nitrogen and oxygen atoms in total. The number of carboxylic acids is 1. The molecule has 2 aliphatic heterocycles. The monoisotopic (exact) mass is 411 g/mol. The van der Waals surface area contributed by atoms with E-state index < -0.39 is 41.7 Å². The van der Waals surface area contributed by atoms with Crippen LogP contribution in [0.5, 0.6) is 0 Å². The van der Waals surface area contributed by atoms with Gasteiger partial charge in [-0.2, -0.15) is 0 Å². The lowest BCUT2D eigenvalue weighted by molar-refractivity contribution is -0.151. The van der Waals surface area contributed by atoms with Gasteiger partial charge in [-0.25, -0.2) is 9.59 Å². The Labute approximate surface area is 171 Å². The molecule has 2 fully saturated rings. The number of rotatable bonds is 4. The molecule has 0 spiro atoms. The van der Waals surface area contributed by atoms with Crippen molar-refractivity contribution in [2.24, 2.45) is 0 Å². The summed E-state index contributed by atoms with van der Waals surface area (Å²) in [6.45, 7) is 6.78. The first-order chi connectivity index (χ1) is 13.4. The predicted molar refractivity (Wildman–Crippen MR) is 105 cm³/mol. The Hall–Kier alpha value is -2.32. The molecule has 0 aliphatic carbocycles. The number of fused-ring (bicyclic) bond motifs is 1.